The SMILES string of the molecule is CSc1ncc2c(n1)SCN(c1nccs1)C2=O. The van der Waals surface area contributed by atoms with Gasteiger partial charge in [0, 0.05) is 17.8 Å². The third-order valence-electron chi connectivity index (χ3n) is 2.37. The first-order chi connectivity index (χ1) is 8.79. The van der Waals surface area contributed by atoms with Gasteiger partial charge < -0.3 is 0 Å². The highest BCUT2D eigenvalue weighted by Gasteiger charge is 2.29. The van der Waals surface area contributed by atoms with Crippen molar-refractivity contribution in [3.8, 4) is 0 Å². The van der Waals surface area contributed by atoms with Crippen LogP contribution in [0.2, 0.25) is 0 Å². The highest BCUT2D eigenvalue weighted by Crippen LogP contribution is 2.32. The number of nitrogens with zero attached hydrogens (tertiary/aromatic N) is 4. The number of thiazole rings is 1. The standard InChI is InChI=1S/C10H8N4OS3/c1-16-9-12-4-6-7(13-9)18-5-14(8(6)15)10-11-2-3-17-10/h2-4H,5H2,1H3. The van der Waals surface area contributed by atoms with Gasteiger partial charge in [-0.25, -0.2) is 15.0 Å². The van der Waals surface area contributed by atoms with Crippen LogP contribution in [0.1, 0.15) is 10.4 Å². The summed E-state index contributed by atoms with van der Waals surface area (Å²) in [6.45, 7) is 0. The second-order valence-electron chi connectivity index (χ2n) is 3.40. The summed E-state index contributed by atoms with van der Waals surface area (Å²) < 4.78 is 0. The Balaban J connectivity index is 1.97. The van der Waals surface area contributed by atoms with Crippen LogP contribution in [0.5, 0.6) is 0 Å². The van der Waals surface area contributed by atoms with E-state index in [1.54, 1.807) is 17.3 Å². The maximum absolute atomic E-state index is 12.3. The number of hydrogen-bond donors (Lipinski definition) is 0. The molecule has 18 heavy (non-hydrogen) atoms. The van der Waals surface area contributed by atoms with Crippen LogP contribution in [0.15, 0.2) is 28.0 Å². The van der Waals surface area contributed by atoms with Gasteiger partial charge in [0.15, 0.2) is 10.3 Å². The number of thioether (sulfide) groups is 2. The van der Waals surface area contributed by atoms with Crippen LogP contribution in [0, 0.1) is 0 Å². The largest absolute Gasteiger partial charge is 0.274 e. The highest BCUT2D eigenvalue weighted by atomic mass is 32.2. The molecule has 3 rings (SSSR count). The Kier molecular flexibility index (Phi) is 3.23. The van der Waals surface area contributed by atoms with Gasteiger partial charge in [-0.05, 0) is 6.26 Å². The van der Waals surface area contributed by atoms with Crippen LogP contribution < -0.4 is 4.90 Å². The lowest BCUT2D eigenvalue weighted by Crippen LogP contribution is -2.34. The fourth-order valence-corrected chi connectivity index (χ4v) is 3.58. The summed E-state index contributed by atoms with van der Waals surface area (Å²) in [4.78, 5) is 26.6. The van der Waals surface area contributed by atoms with E-state index in [4.69, 9.17) is 0 Å². The molecule has 92 valence electrons. The van der Waals surface area contributed by atoms with E-state index in [1.165, 1.54) is 34.9 Å². The summed E-state index contributed by atoms with van der Waals surface area (Å²) in [5.74, 6) is 0.468. The predicted molar refractivity (Wildman–Crippen MR) is 73.5 cm³/mol. The number of amides is 1. The number of hydrogen-bond acceptors (Lipinski definition) is 7. The normalized spacial score (nSPS) is 14.7. The van der Waals surface area contributed by atoms with Crippen molar-refractivity contribution in [3.05, 3.63) is 23.3 Å². The minimum Gasteiger partial charge on any atom is -0.274 e. The van der Waals surface area contributed by atoms with Gasteiger partial charge in [0.2, 0.25) is 0 Å². The molecule has 5 nitrogen and oxygen atoms in total. The van der Waals surface area contributed by atoms with E-state index in [9.17, 15) is 4.79 Å². The van der Waals surface area contributed by atoms with Crippen molar-refractivity contribution in [2.75, 3.05) is 17.0 Å². The summed E-state index contributed by atoms with van der Waals surface area (Å²) in [6.07, 6.45) is 5.21. The molecule has 0 atom stereocenters. The molecule has 0 bridgehead atoms. The third kappa shape index (κ3) is 2.00. The second kappa shape index (κ2) is 4.87. The van der Waals surface area contributed by atoms with Crippen molar-refractivity contribution in [1.29, 1.82) is 0 Å². The molecule has 2 aromatic rings. The van der Waals surface area contributed by atoms with Gasteiger partial charge in [-0.15, -0.1) is 11.3 Å². The smallest absolute Gasteiger partial charge is 0.265 e. The Bertz CT molecular complexity index is 587. The Labute approximate surface area is 116 Å². The van der Waals surface area contributed by atoms with Crippen molar-refractivity contribution in [3.63, 3.8) is 0 Å². The molecule has 0 spiro atoms. The molecule has 1 aliphatic rings. The monoisotopic (exact) mass is 296 g/mol. The molecule has 0 fully saturated rings. The zero-order valence-electron chi connectivity index (χ0n) is 9.36. The minimum absolute atomic E-state index is 0.0775. The van der Waals surface area contributed by atoms with Gasteiger partial charge in [0.1, 0.15) is 5.03 Å². The predicted octanol–water partition coefficient (Wildman–Crippen LogP) is 2.37. The van der Waals surface area contributed by atoms with E-state index < -0.39 is 0 Å². The van der Waals surface area contributed by atoms with Gasteiger partial charge in [0.05, 0.1) is 11.4 Å². The molecule has 0 saturated carbocycles. The van der Waals surface area contributed by atoms with Crippen molar-refractivity contribution in [1.82, 2.24) is 15.0 Å². The van der Waals surface area contributed by atoms with Gasteiger partial charge >= 0.3 is 0 Å². The fourth-order valence-electron chi connectivity index (χ4n) is 1.53. The number of aromatic nitrogens is 3. The van der Waals surface area contributed by atoms with E-state index in [0.717, 1.165) is 5.03 Å². The van der Waals surface area contributed by atoms with E-state index in [2.05, 4.69) is 15.0 Å². The van der Waals surface area contributed by atoms with Crippen LogP contribution in [0.4, 0.5) is 5.13 Å². The highest BCUT2D eigenvalue weighted by molar-refractivity contribution is 7.99. The lowest BCUT2D eigenvalue weighted by molar-refractivity contribution is 0.0985. The van der Waals surface area contributed by atoms with Gasteiger partial charge in [0.25, 0.3) is 5.91 Å². The van der Waals surface area contributed by atoms with Gasteiger partial charge in [-0.2, -0.15) is 0 Å². The van der Waals surface area contributed by atoms with Crippen molar-refractivity contribution in [2.24, 2.45) is 0 Å². The number of fused-ring (bicyclic) bond motifs is 1. The molecule has 0 aromatic carbocycles. The fraction of sp³-hybridized carbons (Fsp3) is 0.200. The topological polar surface area (TPSA) is 59.0 Å². The Hall–Kier alpha value is -1.12. The first kappa shape index (κ1) is 11.9. The van der Waals surface area contributed by atoms with Gasteiger partial charge in [-0.3, -0.25) is 9.69 Å². The van der Waals surface area contributed by atoms with Crippen LogP contribution in [0.25, 0.3) is 0 Å². The summed E-state index contributed by atoms with van der Waals surface area (Å²) in [7, 11) is 0. The first-order valence-corrected chi connectivity index (χ1v) is 8.14. The Morgan fingerprint density at radius 1 is 1.44 bits per heavy atom. The summed E-state index contributed by atoms with van der Waals surface area (Å²) >= 11 is 4.46. The van der Waals surface area contributed by atoms with Crippen LogP contribution in [-0.4, -0.2) is 33.0 Å². The maximum atomic E-state index is 12.3. The quantitative estimate of drug-likeness (QED) is 0.482. The third-order valence-corrected chi connectivity index (χ3v) is 4.70. The number of rotatable bonds is 2. The minimum atomic E-state index is -0.0775. The average molecular weight is 296 g/mol. The van der Waals surface area contributed by atoms with Crippen LogP contribution in [0.3, 0.4) is 0 Å². The van der Waals surface area contributed by atoms with Crippen molar-refractivity contribution < 1.29 is 4.79 Å². The molecule has 0 N–H and O–H groups in total. The van der Waals surface area contributed by atoms with Gasteiger partial charge in [-0.1, -0.05) is 23.5 Å². The Morgan fingerprint density at radius 2 is 2.33 bits per heavy atom. The molecule has 0 radical (unpaired) electrons. The summed E-state index contributed by atoms with van der Waals surface area (Å²) in [5.41, 5.74) is 0.555. The van der Waals surface area contributed by atoms with Crippen molar-refractivity contribution in [2.45, 2.75) is 10.2 Å². The molecule has 3 heterocycles. The zero-order valence-corrected chi connectivity index (χ0v) is 11.8. The first-order valence-electron chi connectivity index (χ1n) is 5.05. The number of carbonyl (C=O) groups excluding carboxylic acids is 1. The van der Waals surface area contributed by atoms with E-state index in [1.807, 2.05) is 11.6 Å². The summed E-state index contributed by atoms with van der Waals surface area (Å²) in [6, 6.07) is 0. The molecule has 0 unspecified atom stereocenters. The average Bonchev–Trinajstić information content (AvgIpc) is 2.92. The van der Waals surface area contributed by atoms with E-state index in [0.29, 0.717) is 21.7 Å². The van der Waals surface area contributed by atoms with Crippen molar-refractivity contribution >= 4 is 45.9 Å². The lowest BCUT2D eigenvalue weighted by atomic mass is 10.3. The molecule has 1 aliphatic heterocycles. The molecule has 0 aliphatic carbocycles. The summed E-state index contributed by atoms with van der Waals surface area (Å²) in [5, 5.41) is 4.02. The lowest BCUT2D eigenvalue weighted by Gasteiger charge is -2.24. The van der Waals surface area contributed by atoms with E-state index in [-0.39, 0.29) is 5.91 Å². The molecule has 8 heteroatoms. The Morgan fingerprint density at radius 3 is 3.06 bits per heavy atom. The number of anilines is 1. The number of carbonyl (C=O) groups is 1. The van der Waals surface area contributed by atoms with Crippen LogP contribution in [-0.2, 0) is 0 Å². The second-order valence-corrected chi connectivity index (χ2v) is 5.98. The van der Waals surface area contributed by atoms with E-state index >= 15 is 0 Å². The molecule has 1 amide bonds. The maximum Gasteiger partial charge on any atom is 0.265 e. The zero-order chi connectivity index (χ0) is 12.5. The van der Waals surface area contributed by atoms with Crippen LogP contribution >= 0.6 is 34.9 Å². The molecule has 2 aromatic heterocycles. The molecule has 0 saturated heterocycles. The molecular formula is C10H8N4OS3. The molecular weight excluding hydrogens is 288 g/mol.